The number of benzene rings is 1. The van der Waals surface area contributed by atoms with Crippen LogP contribution in [0.3, 0.4) is 0 Å². The van der Waals surface area contributed by atoms with Crippen LogP contribution in [0.4, 0.5) is 0 Å². The molecule has 120 valence electrons. The van der Waals surface area contributed by atoms with Crippen LogP contribution >= 0.6 is 11.3 Å². The zero-order valence-electron chi connectivity index (χ0n) is 13.1. The van der Waals surface area contributed by atoms with Crippen LogP contribution in [-0.4, -0.2) is 27.4 Å². The second kappa shape index (κ2) is 7.04. The molecule has 0 aliphatic rings. The fourth-order valence-corrected chi connectivity index (χ4v) is 3.54. The van der Waals surface area contributed by atoms with Gasteiger partial charge in [0, 0.05) is 43.3 Å². The first-order chi connectivity index (χ1) is 11.2. The standard InChI is InChI=1S/C17H20N4OS/c1-13-12-23-17-19-15(9-16(22)21(13)17)11-20(8-7-18)10-14-5-3-2-4-6-14/h2-6,9,12H,7-8,10-11,18H2,1H3. The maximum absolute atomic E-state index is 12.3. The Bertz CT molecular complexity index is 841. The van der Waals surface area contributed by atoms with Crippen molar-refractivity contribution in [3.05, 3.63) is 69.1 Å². The molecule has 0 saturated heterocycles. The van der Waals surface area contributed by atoms with E-state index in [1.807, 2.05) is 30.5 Å². The van der Waals surface area contributed by atoms with E-state index >= 15 is 0 Å². The van der Waals surface area contributed by atoms with E-state index in [4.69, 9.17) is 5.73 Å². The topological polar surface area (TPSA) is 63.6 Å². The van der Waals surface area contributed by atoms with Crippen LogP contribution in [0.2, 0.25) is 0 Å². The Hall–Kier alpha value is -2.02. The van der Waals surface area contributed by atoms with Gasteiger partial charge >= 0.3 is 0 Å². The number of nitrogens with two attached hydrogens (primary N) is 1. The van der Waals surface area contributed by atoms with Crippen LogP contribution in [0.1, 0.15) is 17.0 Å². The van der Waals surface area contributed by atoms with E-state index < -0.39 is 0 Å². The third-order valence-electron chi connectivity index (χ3n) is 3.71. The molecule has 6 heteroatoms. The van der Waals surface area contributed by atoms with Crippen molar-refractivity contribution in [1.82, 2.24) is 14.3 Å². The van der Waals surface area contributed by atoms with Gasteiger partial charge in [0.2, 0.25) is 0 Å². The van der Waals surface area contributed by atoms with E-state index in [1.165, 1.54) is 16.9 Å². The molecule has 0 bridgehead atoms. The van der Waals surface area contributed by atoms with Gasteiger partial charge < -0.3 is 5.73 Å². The number of hydrogen-bond acceptors (Lipinski definition) is 5. The van der Waals surface area contributed by atoms with Gasteiger partial charge in [-0.25, -0.2) is 4.98 Å². The normalized spacial score (nSPS) is 11.4. The molecule has 0 radical (unpaired) electrons. The van der Waals surface area contributed by atoms with Crippen LogP contribution in [-0.2, 0) is 13.1 Å². The van der Waals surface area contributed by atoms with Crippen molar-refractivity contribution in [2.24, 2.45) is 5.73 Å². The molecule has 5 nitrogen and oxygen atoms in total. The quantitative estimate of drug-likeness (QED) is 0.752. The Balaban J connectivity index is 1.84. The first kappa shape index (κ1) is 15.9. The number of aryl methyl sites for hydroxylation is 1. The lowest BCUT2D eigenvalue weighted by atomic mass is 10.2. The van der Waals surface area contributed by atoms with E-state index in [1.54, 1.807) is 10.5 Å². The van der Waals surface area contributed by atoms with Crippen molar-refractivity contribution in [3.8, 4) is 0 Å². The highest BCUT2D eigenvalue weighted by Gasteiger charge is 2.11. The molecule has 3 aromatic rings. The van der Waals surface area contributed by atoms with E-state index in [-0.39, 0.29) is 5.56 Å². The lowest BCUT2D eigenvalue weighted by molar-refractivity contribution is 0.261. The van der Waals surface area contributed by atoms with Crippen LogP contribution in [0.25, 0.3) is 4.96 Å². The molecule has 0 amide bonds. The average molecular weight is 328 g/mol. The van der Waals surface area contributed by atoms with Crippen molar-refractivity contribution in [2.75, 3.05) is 13.1 Å². The minimum absolute atomic E-state index is 0.0174. The summed E-state index contributed by atoms with van der Waals surface area (Å²) in [6, 6.07) is 11.9. The molecule has 0 atom stereocenters. The first-order valence-corrected chi connectivity index (χ1v) is 8.48. The average Bonchev–Trinajstić information content (AvgIpc) is 2.90. The number of fused-ring (bicyclic) bond motifs is 1. The van der Waals surface area contributed by atoms with E-state index in [9.17, 15) is 4.79 Å². The minimum atomic E-state index is -0.0174. The van der Waals surface area contributed by atoms with Crippen molar-refractivity contribution >= 4 is 16.3 Å². The third-order valence-corrected chi connectivity index (χ3v) is 4.65. The first-order valence-electron chi connectivity index (χ1n) is 7.60. The van der Waals surface area contributed by atoms with Crippen molar-refractivity contribution < 1.29 is 0 Å². The molecular weight excluding hydrogens is 308 g/mol. The summed E-state index contributed by atoms with van der Waals surface area (Å²) in [5.41, 5.74) is 8.67. The summed E-state index contributed by atoms with van der Waals surface area (Å²) in [6.07, 6.45) is 0. The van der Waals surface area contributed by atoms with E-state index in [0.717, 1.165) is 29.4 Å². The highest BCUT2D eigenvalue weighted by atomic mass is 32.1. The van der Waals surface area contributed by atoms with Gasteiger partial charge in [0.25, 0.3) is 5.56 Å². The van der Waals surface area contributed by atoms with E-state index in [2.05, 4.69) is 22.0 Å². The number of aromatic nitrogens is 2. The summed E-state index contributed by atoms with van der Waals surface area (Å²) in [7, 11) is 0. The van der Waals surface area contributed by atoms with Crippen molar-refractivity contribution in [3.63, 3.8) is 0 Å². The predicted octanol–water partition coefficient (Wildman–Crippen LogP) is 2.03. The molecular formula is C17H20N4OS. The molecule has 2 aromatic heterocycles. The van der Waals surface area contributed by atoms with Crippen LogP contribution in [0, 0.1) is 6.92 Å². The second-order valence-corrected chi connectivity index (χ2v) is 6.40. The molecule has 0 saturated carbocycles. The van der Waals surface area contributed by atoms with Crippen molar-refractivity contribution in [2.45, 2.75) is 20.0 Å². The van der Waals surface area contributed by atoms with Gasteiger partial charge in [-0.3, -0.25) is 14.1 Å². The van der Waals surface area contributed by atoms with Crippen molar-refractivity contribution in [1.29, 1.82) is 0 Å². The Kier molecular flexibility index (Phi) is 4.85. The number of hydrogen-bond donors (Lipinski definition) is 1. The summed E-state index contributed by atoms with van der Waals surface area (Å²) < 4.78 is 1.65. The van der Waals surface area contributed by atoms with Gasteiger partial charge in [-0.1, -0.05) is 30.3 Å². The molecule has 0 fully saturated rings. The molecule has 0 aliphatic heterocycles. The fraction of sp³-hybridized carbons (Fsp3) is 0.294. The summed E-state index contributed by atoms with van der Waals surface area (Å²) >= 11 is 1.50. The molecule has 2 N–H and O–H groups in total. The summed E-state index contributed by atoms with van der Waals surface area (Å²) in [6.45, 7) is 4.67. The second-order valence-electron chi connectivity index (χ2n) is 5.57. The zero-order chi connectivity index (χ0) is 16.2. The smallest absolute Gasteiger partial charge is 0.259 e. The highest BCUT2D eigenvalue weighted by Crippen LogP contribution is 2.13. The van der Waals surface area contributed by atoms with Gasteiger partial charge in [-0.2, -0.15) is 0 Å². The summed E-state index contributed by atoms with van der Waals surface area (Å²) in [5.74, 6) is 0. The monoisotopic (exact) mass is 328 g/mol. The maximum atomic E-state index is 12.3. The molecule has 0 aliphatic carbocycles. The van der Waals surface area contributed by atoms with Crippen LogP contribution < -0.4 is 11.3 Å². The fourth-order valence-electron chi connectivity index (χ4n) is 2.65. The Morgan fingerprint density at radius 3 is 2.78 bits per heavy atom. The molecule has 0 unspecified atom stereocenters. The van der Waals surface area contributed by atoms with Crippen LogP contribution in [0.15, 0.2) is 46.6 Å². The largest absolute Gasteiger partial charge is 0.329 e. The molecule has 23 heavy (non-hydrogen) atoms. The molecule has 1 aromatic carbocycles. The Morgan fingerprint density at radius 1 is 1.26 bits per heavy atom. The number of thiazole rings is 1. The Morgan fingerprint density at radius 2 is 2.04 bits per heavy atom. The zero-order valence-corrected chi connectivity index (χ0v) is 13.9. The summed E-state index contributed by atoms with van der Waals surface area (Å²) in [4.78, 5) is 19.8. The van der Waals surface area contributed by atoms with Crippen LogP contribution in [0.5, 0.6) is 0 Å². The molecule has 2 heterocycles. The SMILES string of the molecule is Cc1csc2nc(CN(CCN)Cc3ccccc3)cc(=O)n12. The van der Waals surface area contributed by atoms with Gasteiger partial charge in [-0.05, 0) is 12.5 Å². The molecule has 3 rings (SSSR count). The van der Waals surface area contributed by atoms with Gasteiger partial charge in [0.05, 0.1) is 5.69 Å². The minimum Gasteiger partial charge on any atom is -0.329 e. The summed E-state index contributed by atoms with van der Waals surface area (Å²) in [5, 5.41) is 1.95. The predicted molar refractivity (Wildman–Crippen MR) is 93.7 cm³/mol. The number of rotatable bonds is 6. The van der Waals surface area contributed by atoms with E-state index in [0.29, 0.717) is 13.1 Å². The Labute approximate surface area is 139 Å². The van der Waals surface area contributed by atoms with Gasteiger partial charge in [0.1, 0.15) is 0 Å². The highest BCUT2D eigenvalue weighted by molar-refractivity contribution is 7.15. The molecule has 0 spiro atoms. The lowest BCUT2D eigenvalue weighted by Crippen LogP contribution is -2.30. The van der Waals surface area contributed by atoms with Gasteiger partial charge in [0.15, 0.2) is 4.96 Å². The van der Waals surface area contributed by atoms with Gasteiger partial charge in [-0.15, -0.1) is 11.3 Å². The lowest BCUT2D eigenvalue weighted by Gasteiger charge is -2.21. The maximum Gasteiger partial charge on any atom is 0.259 e. The number of nitrogens with zero attached hydrogens (tertiary/aromatic N) is 3. The third kappa shape index (κ3) is 3.67.